The molecule has 0 amide bonds. The molecule has 2 N–H and O–H groups in total. The van der Waals surface area contributed by atoms with E-state index in [1.807, 2.05) is 29.1 Å². The summed E-state index contributed by atoms with van der Waals surface area (Å²) in [6, 6.07) is 22.9. The molecule has 6 rings (SSSR count). The Balaban J connectivity index is 1.40. The number of para-hydroxylation sites is 4. The Hall–Kier alpha value is -5.00. The van der Waals surface area contributed by atoms with Crippen LogP contribution in [0.5, 0.6) is 0 Å². The lowest BCUT2D eigenvalue weighted by atomic mass is 9.91. The zero-order valence-electron chi connectivity index (χ0n) is 32.6. The number of imidazole rings is 2. The Kier molecular flexibility index (Phi) is 15.7. The monoisotopic (exact) mass is 874 g/mol. The first-order chi connectivity index (χ1) is 28.7. The van der Waals surface area contributed by atoms with Crippen LogP contribution in [0.25, 0.3) is 0 Å². The maximum atomic E-state index is 14.4. The minimum Gasteiger partial charge on any atom is -0.479 e. The number of nitrogens with zero attached hydrogens (tertiary/aromatic N) is 5. The number of aryl methyl sites for hydroxylation is 3. The fourth-order valence-corrected chi connectivity index (χ4v) is 8.27. The van der Waals surface area contributed by atoms with Crippen molar-refractivity contribution in [3.63, 3.8) is 0 Å². The van der Waals surface area contributed by atoms with Gasteiger partial charge in [0, 0.05) is 61.2 Å². The lowest BCUT2D eigenvalue weighted by Gasteiger charge is -2.36. The van der Waals surface area contributed by atoms with Crippen LogP contribution in [0.3, 0.4) is 0 Å². The quantitative estimate of drug-likeness (QED) is 0.0543. The topological polar surface area (TPSA) is 115 Å². The summed E-state index contributed by atoms with van der Waals surface area (Å²) in [6.07, 6.45) is 14.8. The molecule has 4 aromatic carbocycles. The number of unbranched alkanes of at least 4 members (excludes halogenated alkanes) is 3. The molecule has 6 aromatic rings. The van der Waals surface area contributed by atoms with Gasteiger partial charge < -0.3 is 29.2 Å². The van der Waals surface area contributed by atoms with Crippen LogP contribution in [0.15, 0.2) is 116 Å². The Morgan fingerprint density at radius 3 is 2.17 bits per heavy atom. The highest BCUT2D eigenvalue weighted by molar-refractivity contribution is 6.40. The molecule has 0 aliphatic carbocycles. The van der Waals surface area contributed by atoms with Gasteiger partial charge in [-0.05, 0) is 74.1 Å². The number of carbonyl (C=O) groups excluding carboxylic acids is 1. The lowest BCUT2D eigenvalue weighted by Crippen LogP contribution is -2.33. The van der Waals surface area contributed by atoms with Crippen LogP contribution in [-0.4, -0.2) is 42.8 Å². The number of halogens is 4. The van der Waals surface area contributed by atoms with E-state index in [1.165, 1.54) is 0 Å². The molecule has 0 saturated carbocycles. The summed E-state index contributed by atoms with van der Waals surface area (Å²) in [5, 5.41) is 15.7. The summed E-state index contributed by atoms with van der Waals surface area (Å²) < 4.78 is 10.1. The number of aliphatic carboxylic acids is 1. The summed E-state index contributed by atoms with van der Waals surface area (Å²) in [7, 11) is 0. The van der Waals surface area contributed by atoms with Gasteiger partial charge in [0.1, 0.15) is 5.82 Å². The molecule has 2 unspecified atom stereocenters. The van der Waals surface area contributed by atoms with Crippen molar-refractivity contribution in [1.82, 2.24) is 19.1 Å². The number of hydrogen-bond donors (Lipinski definition) is 2. The standard InChI is InChI=1S/C45H46Cl4N6O4/c1-2-13-40-51-24-28-54(40)26-22-32(45(58)59-29-10-4-3-9-25-53-27-23-50-30-53)31-14-6-8-21-39(31)55(43-36(48)18-12-19-37(43)49)42(44(56)57)33-15-5-7-20-38(33)52-41-34(46)16-11-17-35(41)47/h5-8,11-12,14-21,23-24,27-28,30,32,42,52H,2-4,9-10,13,22,25-26,29H2,1H3,(H,56,57). The number of carboxylic acids is 1. The molecule has 308 valence electrons. The summed E-state index contributed by atoms with van der Waals surface area (Å²) in [6.45, 7) is 3.69. The lowest BCUT2D eigenvalue weighted by molar-refractivity contribution is -0.146. The van der Waals surface area contributed by atoms with E-state index in [-0.39, 0.29) is 22.3 Å². The van der Waals surface area contributed by atoms with Crippen molar-refractivity contribution in [2.45, 2.75) is 76.9 Å². The second kappa shape index (κ2) is 21.3. The van der Waals surface area contributed by atoms with E-state index in [0.717, 1.165) is 44.5 Å². The Morgan fingerprint density at radius 2 is 1.47 bits per heavy atom. The number of nitrogens with one attached hydrogen (secondary N) is 1. The number of rotatable bonds is 21. The highest BCUT2D eigenvalue weighted by Gasteiger charge is 2.37. The van der Waals surface area contributed by atoms with Crippen molar-refractivity contribution < 1.29 is 19.4 Å². The van der Waals surface area contributed by atoms with E-state index in [0.29, 0.717) is 57.6 Å². The molecule has 0 saturated heterocycles. The van der Waals surface area contributed by atoms with Crippen LogP contribution in [0.1, 0.15) is 74.4 Å². The Morgan fingerprint density at radius 1 is 0.797 bits per heavy atom. The minimum absolute atomic E-state index is 0.216. The van der Waals surface area contributed by atoms with Gasteiger partial charge in [0.15, 0.2) is 6.04 Å². The van der Waals surface area contributed by atoms with E-state index < -0.39 is 23.9 Å². The summed E-state index contributed by atoms with van der Waals surface area (Å²) in [5.41, 5.74) is 2.43. The molecule has 10 nitrogen and oxygen atoms in total. The number of ether oxygens (including phenoxy) is 1. The number of anilines is 4. The fourth-order valence-electron chi connectivity index (χ4n) is 7.20. The maximum absolute atomic E-state index is 14.4. The van der Waals surface area contributed by atoms with Gasteiger partial charge in [0.05, 0.1) is 50.3 Å². The van der Waals surface area contributed by atoms with Crippen LogP contribution in [0.2, 0.25) is 20.1 Å². The normalized spacial score (nSPS) is 12.2. The van der Waals surface area contributed by atoms with Gasteiger partial charge in [0.25, 0.3) is 0 Å². The number of carboxylic acid groups (broad SMARTS) is 1. The first-order valence-corrected chi connectivity index (χ1v) is 21.2. The first-order valence-electron chi connectivity index (χ1n) is 19.6. The molecular weight excluding hydrogens is 830 g/mol. The van der Waals surface area contributed by atoms with Crippen LogP contribution < -0.4 is 10.2 Å². The zero-order valence-corrected chi connectivity index (χ0v) is 35.6. The molecule has 14 heteroatoms. The Bertz CT molecular complexity index is 2280. The first kappa shape index (κ1) is 43.6. The van der Waals surface area contributed by atoms with E-state index >= 15 is 0 Å². The third-order valence-corrected chi connectivity index (χ3v) is 11.3. The molecule has 2 aromatic heterocycles. The fraction of sp³-hybridized carbons (Fsp3) is 0.289. The summed E-state index contributed by atoms with van der Waals surface area (Å²) in [4.78, 5) is 38.5. The van der Waals surface area contributed by atoms with Crippen molar-refractivity contribution in [2.24, 2.45) is 0 Å². The van der Waals surface area contributed by atoms with Crippen molar-refractivity contribution in [1.29, 1.82) is 0 Å². The van der Waals surface area contributed by atoms with E-state index in [4.69, 9.17) is 51.1 Å². The zero-order chi connectivity index (χ0) is 41.7. The SMILES string of the molecule is CCCc1nccn1CCC(C(=O)OCCCCCCn1ccnc1)c1ccccc1N(c1c(Cl)cccc1Cl)C(C(=O)O)c1ccccc1Nc1c(Cl)cccc1Cl. The highest BCUT2D eigenvalue weighted by Crippen LogP contribution is 2.48. The van der Waals surface area contributed by atoms with Gasteiger partial charge in [0.2, 0.25) is 0 Å². The van der Waals surface area contributed by atoms with Crippen LogP contribution in [0.4, 0.5) is 22.7 Å². The molecule has 2 atom stereocenters. The highest BCUT2D eigenvalue weighted by atomic mass is 35.5. The van der Waals surface area contributed by atoms with E-state index in [2.05, 4.69) is 26.8 Å². The second-order valence-electron chi connectivity index (χ2n) is 14.1. The Labute approximate surface area is 364 Å². The predicted octanol–water partition coefficient (Wildman–Crippen LogP) is 12.3. The van der Waals surface area contributed by atoms with Gasteiger partial charge in [-0.25, -0.2) is 14.8 Å². The van der Waals surface area contributed by atoms with Gasteiger partial charge in [-0.15, -0.1) is 0 Å². The molecule has 0 aliphatic heterocycles. The van der Waals surface area contributed by atoms with Crippen molar-refractivity contribution in [3.05, 3.63) is 153 Å². The molecule has 0 spiro atoms. The number of esters is 1. The van der Waals surface area contributed by atoms with Crippen molar-refractivity contribution >= 4 is 81.1 Å². The summed E-state index contributed by atoms with van der Waals surface area (Å²) >= 11 is 27.1. The number of benzene rings is 4. The molecule has 0 radical (unpaired) electrons. The minimum atomic E-state index is -1.43. The number of hydrogen-bond acceptors (Lipinski definition) is 7. The molecule has 0 fully saturated rings. The molecule has 2 heterocycles. The summed E-state index contributed by atoms with van der Waals surface area (Å²) in [5.74, 6) is -1.51. The molecule has 0 bridgehead atoms. The smallest absolute Gasteiger partial charge is 0.331 e. The number of aromatic nitrogens is 4. The largest absolute Gasteiger partial charge is 0.479 e. The van der Waals surface area contributed by atoms with E-state index in [1.54, 1.807) is 96.4 Å². The number of carbonyl (C=O) groups is 2. The van der Waals surface area contributed by atoms with Crippen LogP contribution in [-0.2, 0) is 33.8 Å². The predicted molar refractivity (Wildman–Crippen MR) is 237 cm³/mol. The molecule has 59 heavy (non-hydrogen) atoms. The van der Waals surface area contributed by atoms with Crippen LogP contribution >= 0.6 is 46.4 Å². The van der Waals surface area contributed by atoms with E-state index in [9.17, 15) is 14.7 Å². The average Bonchev–Trinajstić information content (AvgIpc) is 3.92. The molecular formula is C45H46Cl4N6O4. The van der Waals surface area contributed by atoms with Gasteiger partial charge in [-0.1, -0.05) is 108 Å². The van der Waals surface area contributed by atoms with Crippen molar-refractivity contribution in [2.75, 3.05) is 16.8 Å². The van der Waals surface area contributed by atoms with Crippen molar-refractivity contribution in [3.8, 4) is 0 Å². The maximum Gasteiger partial charge on any atom is 0.331 e. The van der Waals surface area contributed by atoms with Gasteiger partial charge in [-0.3, -0.25) is 4.79 Å². The van der Waals surface area contributed by atoms with Gasteiger partial charge in [-0.2, -0.15) is 0 Å². The average molecular weight is 877 g/mol. The second-order valence-corrected chi connectivity index (χ2v) is 15.7. The third-order valence-electron chi connectivity index (χ3n) is 10.1. The van der Waals surface area contributed by atoms with Gasteiger partial charge >= 0.3 is 11.9 Å². The molecule has 0 aliphatic rings. The third kappa shape index (κ3) is 11.0. The van der Waals surface area contributed by atoms with Crippen LogP contribution in [0, 0.1) is 0 Å².